The second kappa shape index (κ2) is 10.9. The number of hydrogen-bond donors (Lipinski definition) is 2. The number of nitrogens with zero attached hydrogens (tertiary/aromatic N) is 1. The highest BCUT2D eigenvalue weighted by Gasteiger charge is 2.23. The maximum absolute atomic E-state index is 13.0. The second-order valence-corrected chi connectivity index (χ2v) is 8.55. The van der Waals surface area contributed by atoms with Crippen LogP contribution in [-0.4, -0.2) is 69.4 Å². The molecule has 1 saturated heterocycles. The van der Waals surface area contributed by atoms with Gasteiger partial charge in [-0.2, -0.15) is 0 Å². The Morgan fingerprint density at radius 3 is 2.70 bits per heavy atom. The molecule has 0 radical (unpaired) electrons. The summed E-state index contributed by atoms with van der Waals surface area (Å²) in [5.74, 6) is 1.10. The van der Waals surface area contributed by atoms with Gasteiger partial charge in [0.15, 0.2) is 11.5 Å². The van der Waals surface area contributed by atoms with Crippen LogP contribution in [0.15, 0.2) is 42.6 Å². The van der Waals surface area contributed by atoms with E-state index >= 15 is 0 Å². The molecule has 1 atom stereocenters. The lowest BCUT2D eigenvalue weighted by Gasteiger charge is -2.26. The third kappa shape index (κ3) is 5.61. The standard InChI is InChI=1S/C25H30ClN3O4/c1-31-23-6-3-17(13-24(23)32-2)19(21-16-28-22-5-4-18(26)14-20(21)22)15-25(30)27-7-8-29-9-11-33-12-10-29/h3-6,13-14,16,19,28H,7-12,15H2,1-2H3,(H,27,30)/t19-/m0/s1. The molecule has 176 valence electrons. The highest BCUT2D eigenvalue weighted by Crippen LogP contribution is 2.38. The summed E-state index contributed by atoms with van der Waals surface area (Å²) >= 11 is 6.29. The van der Waals surface area contributed by atoms with E-state index in [9.17, 15) is 4.79 Å². The van der Waals surface area contributed by atoms with Crippen molar-refractivity contribution in [2.24, 2.45) is 0 Å². The molecule has 0 saturated carbocycles. The van der Waals surface area contributed by atoms with Crippen LogP contribution in [0.25, 0.3) is 10.9 Å². The molecule has 1 aromatic heterocycles. The van der Waals surface area contributed by atoms with E-state index < -0.39 is 0 Å². The zero-order chi connectivity index (χ0) is 23.2. The molecule has 2 aromatic carbocycles. The van der Waals surface area contributed by atoms with Crippen LogP contribution in [0.3, 0.4) is 0 Å². The van der Waals surface area contributed by atoms with Crippen LogP contribution in [0.1, 0.15) is 23.5 Å². The largest absolute Gasteiger partial charge is 0.493 e. The van der Waals surface area contributed by atoms with Gasteiger partial charge >= 0.3 is 0 Å². The average Bonchev–Trinajstić information content (AvgIpc) is 3.25. The summed E-state index contributed by atoms with van der Waals surface area (Å²) in [5, 5.41) is 4.75. The number of methoxy groups -OCH3 is 2. The fourth-order valence-corrected chi connectivity index (χ4v) is 4.49. The predicted molar refractivity (Wildman–Crippen MR) is 130 cm³/mol. The van der Waals surface area contributed by atoms with Crippen molar-refractivity contribution in [3.8, 4) is 11.5 Å². The summed E-state index contributed by atoms with van der Waals surface area (Å²) < 4.78 is 16.3. The van der Waals surface area contributed by atoms with Crippen LogP contribution in [0, 0.1) is 0 Å². The van der Waals surface area contributed by atoms with Crippen LogP contribution < -0.4 is 14.8 Å². The van der Waals surface area contributed by atoms with Crippen molar-refractivity contribution >= 4 is 28.4 Å². The van der Waals surface area contributed by atoms with Gasteiger partial charge in [-0.25, -0.2) is 0 Å². The maximum atomic E-state index is 13.0. The van der Waals surface area contributed by atoms with Gasteiger partial charge in [-0.1, -0.05) is 17.7 Å². The number of aromatic nitrogens is 1. The summed E-state index contributed by atoms with van der Waals surface area (Å²) in [4.78, 5) is 18.6. The van der Waals surface area contributed by atoms with Crippen molar-refractivity contribution in [3.63, 3.8) is 0 Å². The molecule has 7 nitrogen and oxygen atoms in total. The molecule has 1 fully saturated rings. The number of amides is 1. The van der Waals surface area contributed by atoms with Crippen molar-refractivity contribution in [3.05, 3.63) is 58.7 Å². The first-order chi connectivity index (χ1) is 16.1. The van der Waals surface area contributed by atoms with Crippen molar-refractivity contribution < 1.29 is 19.0 Å². The molecule has 8 heteroatoms. The zero-order valence-electron chi connectivity index (χ0n) is 19.0. The Kier molecular flexibility index (Phi) is 7.75. The van der Waals surface area contributed by atoms with Crippen LogP contribution in [-0.2, 0) is 9.53 Å². The first kappa shape index (κ1) is 23.4. The van der Waals surface area contributed by atoms with Gasteiger partial charge in [0.1, 0.15) is 0 Å². The SMILES string of the molecule is COc1ccc([C@H](CC(=O)NCCN2CCOCC2)c2c[nH]c3ccc(Cl)cc23)cc1OC. The average molecular weight is 472 g/mol. The van der Waals surface area contributed by atoms with Crippen LogP contribution >= 0.6 is 11.6 Å². The number of morpholine rings is 1. The number of nitrogens with one attached hydrogen (secondary N) is 2. The molecule has 33 heavy (non-hydrogen) atoms. The Labute approximate surface area is 199 Å². The van der Waals surface area contributed by atoms with E-state index in [-0.39, 0.29) is 11.8 Å². The number of halogens is 1. The molecule has 2 heterocycles. The van der Waals surface area contributed by atoms with Gasteiger partial charge in [0.05, 0.1) is 27.4 Å². The number of rotatable bonds is 9. The number of carbonyl (C=O) groups is 1. The van der Waals surface area contributed by atoms with E-state index in [1.54, 1.807) is 14.2 Å². The first-order valence-electron chi connectivity index (χ1n) is 11.1. The Morgan fingerprint density at radius 1 is 1.15 bits per heavy atom. The highest BCUT2D eigenvalue weighted by molar-refractivity contribution is 6.31. The summed E-state index contributed by atoms with van der Waals surface area (Å²) in [7, 11) is 3.22. The molecule has 0 spiro atoms. The van der Waals surface area contributed by atoms with Crippen molar-refractivity contribution in [2.75, 3.05) is 53.6 Å². The molecule has 0 unspecified atom stereocenters. The number of aromatic amines is 1. The van der Waals surface area contributed by atoms with Gasteiger partial charge < -0.3 is 24.5 Å². The summed E-state index contributed by atoms with van der Waals surface area (Å²) in [5.41, 5.74) is 2.97. The molecule has 1 aliphatic heterocycles. The molecule has 1 aliphatic rings. The number of fused-ring (bicyclic) bond motifs is 1. The van der Waals surface area contributed by atoms with Gasteiger partial charge in [0.25, 0.3) is 0 Å². The smallest absolute Gasteiger partial charge is 0.220 e. The van der Waals surface area contributed by atoms with E-state index in [1.807, 2.05) is 42.6 Å². The van der Waals surface area contributed by atoms with E-state index in [2.05, 4.69) is 15.2 Å². The topological polar surface area (TPSA) is 75.8 Å². The minimum Gasteiger partial charge on any atom is -0.493 e. The number of ether oxygens (including phenoxy) is 3. The van der Waals surface area contributed by atoms with Crippen LogP contribution in [0.4, 0.5) is 0 Å². The van der Waals surface area contributed by atoms with Gasteiger partial charge in [-0.15, -0.1) is 0 Å². The molecule has 3 aromatic rings. The van der Waals surface area contributed by atoms with Crippen molar-refractivity contribution in [2.45, 2.75) is 12.3 Å². The Morgan fingerprint density at radius 2 is 1.94 bits per heavy atom. The third-order valence-corrected chi connectivity index (χ3v) is 6.34. The molecule has 2 N–H and O–H groups in total. The molecule has 0 aliphatic carbocycles. The molecular weight excluding hydrogens is 442 g/mol. The minimum atomic E-state index is -0.180. The Bertz CT molecular complexity index is 1090. The quantitative estimate of drug-likeness (QED) is 0.496. The third-order valence-electron chi connectivity index (χ3n) is 6.10. The summed E-state index contributed by atoms with van der Waals surface area (Å²) in [6.45, 7) is 4.73. The molecule has 0 bridgehead atoms. The summed E-state index contributed by atoms with van der Waals surface area (Å²) in [6, 6.07) is 11.5. The predicted octanol–water partition coefficient (Wildman–Crippen LogP) is 3.81. The fraction of sp³-hybridized carbons (Fsp3) is 0.400. The molecular formula is C25H30ClN3O4. The van der Waals surface area contributed by atoms with Gasteiger partial charge in [-0.3, -0.25) is 9.69 Å². The normalized spacial score (nSPS) is 15.4. The maximum Gasteiger partial charge on any atom is 0.220 e. The van der Waals surface area contributed by atoms with E-state index in [1.165, 1.54) is 0 Å². The minimum absolute atomic E-state index is 0.000535. The second-order valence-electron chi connectivity index (χ2n) is 8.11. The number of carbonyl (C=O) groups excluding carboxylic acids is 1. The highest BCUT2D eigenvalue weighted by atomic mass is 35.5. The summed E-state index contributed by atoms with van der Waals surface area (Å²) in [6.07, 6.45) is 2.27. The van der Waals surface area contributed by atoms with E-state index in [4.69, 9.17) is 25.8 Å². The first-order valence-corrected chi connectivity index (χ1v) is 11.5. The Balaban J connectivity index is 1.57. The fourth-order valence-electron chi connectivity index (χ4n) is 4.32. The van der Waals surface area contributed by atoms with Crippen LogP contribution in [0.5, 0.6) is 11.5 Å². The van der Waals surface area contributed by atoms with Gasteiger partial charge in [0, 0.05) is 60.6 Å². The van der Waals surface area contributed by atoms with E-state index in [0.717, 1.165) is 54.9 Å². The van der Waals surface area contributed by atoms with Crippen molar-refractivity contribution in [1.82, 2.24) is 15.2 Å². The molecule has 1 amide bonds. The number of hydrogen-bond acceptors (Lipinski definition) is 5. The Hall–Kier alpha value is -2.74. The van der Waals surface area contributed by atoms with Gasteiger partial charge in [-0.05, 0) is 41.5 Å². The lowest BCUT2D eigenvalue weighted by atomic mass is 9.87. The lowest BCUT2D eigenvalue weighted by Crippen LogP contribution is -2.41. The number of benzene rings is 2. The van der Waals surface area contributed by atoms with Gasteiger partial charge in [0.2, 0.25) is 5.91 Å². The lowest BCUT2D eigenvalue weighted by molar-refractivity contribution is -0.121. The van der Waals surface area contributed by atoms with E-state index in [0.29, 0.717) is 29.5 Å². The monoisotopic (exact) mass is 471 g/mol. The number of H-pyrrole nitrogens is 1. The van der Waals surface area contributed by atoms with Crippen molar-refractivity contribution in [1.29, 1.82) is 0 Å². The molecule has 4 rings (SSSR count). The zero-order valence-corrected chi connectivity index (χ0v) is 19.8. The van der Waals surface area contributed by atoms with Crippen LogP contribution in [0.2, 0.25) is 5.02 Å².